The number of methoxy groups -OCH3 is 1. The molecule has 0 radical (unpaired) electrons. The Kier molecular flexibility index (Phi) is 6.87. The average Bonchev–Trinajstić information content (AvgIpc) is 2.60. The van der Waals surface area contributed by atoms with Crippen molar-refractivity contribution in [1.82, 2.24) is 4.90 Å². The molecule has 0 bridgehead atoms. The summed E-state index contributed by atoms with van der Waals surface area (Å²) >= 11 is 12.4. The van der Waals surface area contributed by atoms with E-state index >= 15 is 0 Å². The number of esters is 1. The molecular weight excluding hydrogens is 393 g/mol. The van der Waals surface area contributed by atoms with Crippen LogP contribution in [0.5, 0.6) is 5.75 Å². The Labute approximate surface area is 169 Å². The minimum Gasteiger partial charge on any atom is -0.489 e. The van der Waals surface area contributed by atoms with E-state index in [1.54, 1.807) is 39.8 Å². The van der Waals surface area contributed by atoms with Crippen molar-refractivity contribution in [2.45, 2.75) is 58.3 Å². The smallest absolute Gasteiger partial charge is 0.411 e. The number of hydrogen-bond donors (Lipinski definition) is 0. The normalized spacial score (nSPS) is 20.2. The first-order chi connectivity index (χ1) is 12.5. The number of halogens is 2. The van der Waals surface area contributed by atoms with Crippen molar-refractivity contribution in [2.75, 3.05) is 13.7 Å². The fourth-order valence-electron chi connectivity index (χ4n) is 2.85. The van der Waals surface area contributed by atoms with E-state index in [2.05, 4.69) is 0 Å². The third kappa shape index (κ3) is 5.42. The van der Waals surface area contributed by atoms with Gasteiger partial charge in [-0.05, 0) is 45.4 Å². The molecule has 150 valence electrons. The Bertz CT molecular complexity index is 717. The summed E-state index contributed by atoms with van der Waals surface area (Å²) in [6, 6.07) is 2.63. The number of ether oxygens (including phenoxy) is 3. The van der Waals surface area contributed by atoms with E-state index in [1.165, 1.54) is 12.0 Å². The van der Waals surface area contributed by atoms with Crippen molar-refractivity contribution in [1.29, 1.82) is 0 Å². The van der Waals surface area contributed by atoms with Crippen LogP contribution in [0.25, 0.3) is 0 Å². The predicted molar refractivity (Wildman–Crippen MR) is 104 cm³/mol. The summed E-state index contributed by atoms with van der Waals surface area (Å²) in [5, 5.41) is 0.992. The topological polar surface area (TPSA) is 65.1 Å². The molecule has 1 saturated heterocycles. The number of amides is 1. The molecule has 1 aromatic rings. The molecule has 1 aliphatic rings. The monoisotopic (exact) mass is 417 g/mol. The van der Waals surface area contributed by atoms with E-state index in [4.69, 9.17) is 37.4 Å². The van der Waals surface area contributed by atoms with Gasteiger partial charge in [0.25, 0.3) is 0 Å². The van der Waals surface area contributed by atoms with Crippen molar-refractivity contribution in [2.24, 2.45) is 0 Å². The quantitative estimate of drug-likeness (QED) is 0.671. The number of likely N-dealkylation sites (tertiary alicyclic amines) is 1. The SMILES string of the molecule is COC(=O)[C@H]1C[C@@H](Oc2ccc(Cl)c(C)c2Cl)CCN1C(=O)OC(C)(C)C. The minimum absolute atomic E-state index is 0.282. The van der Waals surface area contributed by atoms with Crippen LogP contribution in [0.15, 0.2) is 12.1 Å². The summed E-state index contributed by atoms with van der Waals surface area (Å²) < 4.78 is 16.3. The van der Waals surface area contributed by atoms with Gasteiger partial charge in [0.2, 0.25) is 0 Å². The molecule has 1 fully saturated rings. The molecular formula is C19H25Cl2NO5. The van der Waals surface area contributed by atoms with E-state index in [0.717, 1.165) is 5.56 Å². The molecule has 27 heavy (non-hydrogen) atoms. The molecule has 1 heterocycles. The van der Waals surface area contributed by atoms with Gasteiger partial charge in [-0.15, -0.1) is 0 Å². The highest BCUT2D eigenvalue weighted by Crippen LogP contribution is 2.35. The second kappa shape index (κ2) is 8.57. The standard InChI is InChI=1S/C19H25Cl2NO5/c1-11-13(20)6-7-15(16(11)21)26-12-8-9-22(14(10-12)17(23)25-5)18(24)27-19(2,3)4/h6-7,12,14H,8-10H2,1-5H3/t12-,14+/m0/s1. The zero-order chi connectivity index (χ0) is 20.4. The summed E-state index contributed by atoms with van der Waals surface area (Å²) in [5.74, 6) is -0.00885. The Morgan fingerprint density at radius 2 is 1.89 bits per heavy atom. The number of rotatable bonds is 3. The average molecular weight is 418 g/mol. The van der Waals surface area contributed by atoms with Crippen LogP contribution in [-0.4, -0.2) is 48.4 Å². The highest BCUT2D eigenvalue weighted by atomic mass is 35.5. The lowest BCUT2D eigenvalue weighted by Gasteiger charge is -2.38. The van der Waals surface area contributed by atoms with Crippen LogP contribution in [0.4, 0.5) is 4.79 Å². The van der Waals surface area contributed by atoms with Crippen LogP contribution >= 0.6 is 23.2 Å². The van der Waals surface area contributed by atoms with Gasteiger partial charge >= 0.3 is 12.1 Å². The number of benzene rings is 1. The Morgan fingerprint density at radius 1 is 1.22 bits per heavy atom. The second-order valence-corrected chi connectivity index (χ2v) is 8.25. The summed E-state index contributed by atoms with van der Waals surface area (Å²) in [6.07, 6.45) is -0.0307. The van der Waals surface area contributed by atoms with E-state index in [0.29, 0.717) is 28.8 Å². The number of hydrogen-bond acceptors (Lipinski definition) is 5. The highest BCUT2D eigenvalue weighted by molar-refractivity contribution is 6.36. The van der Waals surface area contributed by atoms with Crippen molar-refractivity contribution in [3.8, 4) is 5.75 Å². The second-order valence-electron chi connectivity index (χ2n) is 7.46. The number of piperidine rings is 1. The van der Waals surface area contributed by atoms with Gasteiger partial charge in [-0.25, -0.2) is 9.59 Å². The lowest BCUT2D eigenvalue weighted by Crippen LogP contribution is -2.53. The van der Waals surface area contributed by atoms with E-state index < -0.39 is 23.7 Å². The Morgan fingerprint density at radius 3 is 2.48 bits per heavy atom. The van der Waals surface area contributed by atoms with Crippen LogP contribution in [0.2, 0.25) is 10.0 Å². The zero-order valence-electron chi connectivity index (χ0n) is 16.2. The van der Waals surface area contributed by atoms with Gasteiger partial charge in [-0.3, -0.25) is 4.90 Å². The van der Waals surface area contributed by atoms with Gasteiger partial charge in [0.15, 0.2) is 0 Å². The first kappa shape index (κ1) is 21.6. The first-order valence-electron chi connectivity index (χ1n) is 8.72. The molecule has 0 N–H and O–H groups in total. The summed E-state index contributed by atoms with van der Waals surface area (Å²) in [7, 11) is 1.29. The number of carbonyl (C=O) groups is 2. The predicted octanol–water partition coefficient (Wildman–Crippen LogP) is 4.62. The summed E-state index contributed by atoms with van der Waals surface area (Å²) in [5.41, 5.74) is 0.0750. The maximum atomic E-state index is 12.5. The fourth-order valence-corrected chi connectivity index (χ4v) is 3.26. The molecule has 1 aliphatic heterocycles. The lowest BCUT2D eigenvalue weighted by atomic mass is 9.99. The maximum Gasteiger partial charge on any atom is 0.411 e. The molecule has 1 aromatic carbocycles. The Balaban J connectivity index is 2.15. The van der Waals surface area contributed by atoms with Gasteiger partial charge in [-0.2, -0.15) is 0 Å². The third-order valence-electron chi connectivity index (χ3n) is 4.23. The molecule has 0 aliphatic carbocycles. The molecule has 6 nitrogen and oxygen atoms in total. The number of carbonyl (C=O) groups excluding carboxylic acids is 2. The number of nitrogens with zero attached hydrogens (tertiary/aromatic N) is 1. The molecule has 2 atom stereocenters. The van der Waals surface area contributed by atoms with Gasteiger partial charge in [0, 0.05) is 24.4 Å². The van der Waals surface area contributed by atoms with E-state index in [1.807, 2.05) is 0 Å². The van der Waals surface area contributed by atoms with Crippen molar-refractivity contribution < 1.29 is 23.8 Å². The first-order valence-corrected chi connectivity index (χ1v) is 9.47. The van der Waals surface area contributed by atoms with Gasteiger partial charge < -0.3 is 14.2 Å². The van der Waals surface area contributed by atoms with Crippen LogP contribution in [0, 0.1) is 6.92 Å². The fraction of sp³-hybridized carbons (Fsp3) is 0.579. The van der Waals surface area contributed by atoms with E-state index in [9.17, 15) is 9.59 Å². The molecule has 8 heteroatoms. The largest absolute Gasteiger partial charge is 0.489 e. The summed E-state index contributed by atoms with van der Waals surface area (Å²) in [4.78, 5) is 26.1. The van der Waals surface area contributed by atoms with Gasteiger partial charge in [0.1, 0.15) is 23.5 Å². The molecule has 0 unspecified atom stereocenters. The van der Waals surface area contributed by atoms with Crippen molar-refractivity contribution in [3.05, 3.63) is 27.7 Å². The molecule has 0 saturated carbocycles. The van der Waals surface area contributed by atoms with Crippen LogP contribution < -0.4 is 4.74 Å². The Hall–Kier alpha value is -1.66. The lowest BCUT2D eigenvalue weighted by molar-refractivity contribution is -0.149. The zero-order valence-corrected chi connectivity index (χ0v) is 17.7. The maximum absolute atomic E-state index is 12.5. The van der Waals surface area contributed by atoms with Gasteiger partial charge in [0.05, 0.1) is 12.1 Å². The molecule has 0 spiro atoms. The highest BCUT2D eigenvalue weighted by Gasteiger charge is 2.40. The molecule has 2 rings (SSSR count). The van der Waals surface area contributed by atoms with Crippen LogP contribution in [-0.2, 0) is 14.3 Å². The van der Waals surface area contributed by atoms with Crippen molar-refractivity contribution in [3.63, 3.8) is 0 Å². The summed E-state index contributed by atoms with van der Waals surface area (Å²) in [6.45, 7) is 7.44. The molecule has 0 aromatic heterocycles. The van der Waals surface area contributed by atoms with Crippen LogP contribution in [0.3, 0.4) is 0 Å². The molecule has 1 amide bonds. The van der Waals surface area contributed by atoms with E-state index in [-0.39, 0.29) is 12.5 Å². The minimum atomic E-state index is -0.782. The van der Waals surface area contributed by atoms with Gasteiger partial charge in [-0.1, -0.05) is 23.2 Å². The van der Waals surface area contributed by atoms with Crippen molar-refractivity contribution >= 4 is 35.3 Å². The van der Waals surface area contributed by atoms with Crippen LogP contribution in [0.1, 0.15) is 39.2 Å². The third-order valence-corrected chi connectivity index (χ3v) is 5.11.